The zero-order valence-electron chi connectivity index (χ0n) is 12.9. The Bertz CT molecular complexity index is 569. The fourth-order valence-electron chi connectivity index (χ4n) is 1.97. The molecule has 23 heavy (non-hydrogen) atoms. The van der Waals surface area contributed by atoms with E-state index in [9.17, 15) is 22.8 Å². The highest BCUT2D eigenvalue weighted by molar-refractivity contribution is 6.02. The van der Waals surface area contributed by atoms with E-state index >= 15 is 0 Å². The van der Waals surface area contributed by atoms with E-state index in [1.54, 1.807) is 0 Å². The van der Waals surface area contributed by atoms with Crippen LogP contribution in [0.3, 0.4) is 0 Å². The lowest BCUT2D eigenvalue weighted by Gasteiger charge is -2.17. The highest BCUT2D eigenvalue weighted by Crippen LogP contribution is 2.30. The maximum Gasteiger partial charge on any atom is 0.450 e. The minimum absolute atomic E-state index is 0.119. The van der Waals surface area contributed by atoms with Crippen molar-refractivity contribution in [3.05, 3.63) is 23.8 Å². The van der Waals surface area contributed by atoms with Crippen LogP contribution in [0.5, 0.6) is 11.5 Å². The van der Waals surface area contributed by atoms with Gasteiger partial charge in [-0.1, -0.05) is 6.07 Å². The molecule has 1 unspecified atom stereocenters. The van der Waals surface area contributed by atoms with Crippen molar-refractivity contribution in [1.29, 1.82) is 0 Å². The summed E-state index contributed by atoms with van der Waals surface area (Å²) in [6.07, 6.45) is -5.56. The molecule has 0 spiro atoms. The van der Waals surface area contributed by atoms with Crippen molar-refractivity contribution in [3.63, 3.8) is 0 Å². The van der Waals surface area contributed by atoms with E-state index in [0.29, 0.717) is 11.3 Å². The van der Waals surface area contributed by atoms with Gasteiger partial charge in [-0.05, 0) is 31.0 Å². The zero-order valence-corrected chi connectivity index (χ0v) is 12.9. The fourth-order valence-corrected chi connectivity index (χ4v) is 1.97. The number of ketones is 1. The van der Waals surface area contributed by atoms with Crippen LogP contribution in [-0.2, 0) is 20.7 Å². The lowest BCUT2D eigenvalue weighted by Crippen LogP contribution is -2.37. The van der Waals surface area contributed by atoms with Crippen molar-refractivity contribution < 1.29 is 37.0 Å². The SMILES string of the molecule is CCOC(=O)C(Cc1ccc(OC)c(OC)c1)C(=O)C(F)(F)F. The third-order valence-electron chi connectivity index (χ3n) is 3.05. The summed E-state index contributed by atoms with van der Waals surface area (Å²) in [5.41, 5.74) is 0.318. The number of benzene rings is 1. The van der Waals surface area contributed by atoms with Crippen LogP contribution in [0.4, 0.5) is 13.2 Å². The predicted octanol–water partition coefficient (Wildman–Crippen LogP) is 2.56. The fraction of sp³-hybridized carbons (Fsp3) is 0.467. The summed E-state index contributed by atoms with van der Waals surface area (Å²) >= 11 is 0. The van der Waals surface area contributed by atoms with Crippen LogP contribution in [0.25, 0.3) is 0 Å². The molecular weight excluding hydrogens is 317 g/mol. The van der Waals surface area contributed by atoms with E-state index in [1.165, 1.54) is 39.3 Å². The third-order valence-corrected chi connectivity index (χ3v) is 3.05. The van der Waals surface area contributed by atoms with Crippen LogP contribution in [0.1, 0.15) is 12.5 Å². The van der Waals surface area contributed by atoms with E-state index in [2.05, 4.69) is 4.74 Å². The predicted molar refractivity (Wildman–Crippen MR) is 74.4 cm³/mol. The van der Waals surface area contributed by atoms with Gasteiger partial charge in [0, 0.05) is 0 Å². The Kier molecular flexibility index (Phi) is 6.41. The van der Waals surface area contributed by atoms with Gasteiger partial charge in [-0.15, -0.1) is 0 Å². The maximum atomic E-state index is 12.7. The van der Waals surface area contributed by atoms with Crippen LogP contribution in [0.15, 0.2) is 18.2 Å². The lowest BCUT2D eigenvalue weighted by atomic mass is 9.94. The second kappa shape index (κ2) is 7.85. The summed E-state index contributed by atoms with van der Waals surface area (Å²) in [6, 6.07) is 4.35. The van der Waals surface area contributed by atoms with Crippen molar-refractivity contribution in [2.75, 3.05) is 20.8 Å². The summed E-state index contributed by atoms with van der Waals surface area (Å²) in [5.74, 6) is -4.62. The van der Waals surface area contributed by atoms with Crippen LogP contribution in [0, 0.1) is 5.92 Å². The maximum absolute atomic E-state index is 12.7. The summed E-state index contributed by atoms with van der Waals surface area (Å²) in [7, 11) is 2.78. The number of hydrogen-bond acceptors (Lipinski definition) is 5. The third kappa shape index (κ3) is 4.87. The lowest BCUT2D eigenvalue weighted by molar-refractivity contribution is -0.180. The first-order chi connectivity index (χ1) is 10.7. The Hall–Kier alpha value is -2.25. The van der Waals surface area contributed by atoms with E-state index in [4.69, 9.17) is 9.47 Å². The Morgan fingerprint density at radius 3 is 2.22 bits per heavy atom. The topological polar surface area (TPSA) is 61.8 Å². The molecule has 128 valence electrons. The monoisotopic (exact) mass is 334 g/mol. The average molecular weight is 334 g/mol. The zero-order chi connectivity index (χ0) is 17.6. The first-order valence-corrected chi connectivity index (χ1v) is 6.73. The molecular formula is C15H17F3O5. The minimum atomic E-state index is -5.12. The number of Topliss-reactive ketones (excluding diaryl/α,β-unsaturated/α-hetero) is 1. The Balaban J connectivity index is 3.10. The van der Waals surface area contributed by atoms with Crippen molar-refractivity contribution >= 4 is 11.8 Å². The molecule has 0 fully saturated rings. The van der Waals surface area contributed by atoms with Gasteiger partial charge in [-0.25, -0.2) is 0 Å². The standard InChI is InChI=1S/C15H17F3O5/c1-4-23-14(20)10(13(19)15(16,17)18)7-9-5-6-11(21-2)12(8-9)22-3/h5-6,8,10H,4,7H2,1-3H3. The molecule has 1 atom stereocenters. The van der Waals surface area contributed by atoms with Gasteiger partial charge in [0.1, 0.15) is 5.92 Å². The van der Waals surface area contributed by atoms with Gasteiger partial charge in [0.05, 0.1) is 20.8 Å². The largest absolute Gasteiger partial charge is 0.493 e. The molecule has 0 aliphatic heterocycles. The highest BCUT2D eigenvalue weighted by Gasteiger charge is 2.46. The molecule has 0 aromatic heterocycles. The van der Waals surface area contributed by atoms with Gasteiger partial charge >= 0.3 is 12.1 Å². The van der Waals surface area contributed by atoms with Gasteiger partial charge in [-0.3, -0.25) is 9.59 Å². The van der Waals surface area contributed by atoms with Gasteiger partial charge in [-0.2, -0.15) is 13.2 Å². The number of carbonyl (C=O) groups is 2. The molecule has 5 nitrogen and oxygen atoms in total. The van der Waals surface area contributed by atoms with Gasteiger partial charge in [0.15, 0.2) is 11.5 Å². The van der Waals surface area contributed by atoms with Crippen LogP contribution in [0.2, 0.25) is 0 Å². The number of methoxy groups -OCH3 is 2. The first-order valence-electron chi connectivity index (χ1n) is 6.73. The van der Waals surface area contributed by atoms with Gasteiger partial charge < -0.3 is 14.2 Å². The van der Waals surface area contributed by atoms with Crippen LogP contribution >= 0.6 is 0 Å². The normalized spacial score (nSPS) is 12.4. The second-order valence-electron chi connectivity index (χ2n) is 4.56. The number of carbonyl (C=O) groups excluding carboxylic acids is 2. The molecule has 0 N–H and O–H groups in total. The number of halogens is 3. The highest BCUT2D eigenvalue weighted by atomic mass is 19.4. The molecule has 1 aromatic carbocycles. The van der Waals surface area contributed by atoms with E-state index in [1.807, 2.05) is 0 Å². The molecule has 8 heteroatoms. The number of ether oxygens (including phenoxy) is 3. The quantitative estimate of drug-likeness (QED) is 0.566. The van der Waals surface area contributed by atoms with Crippen molar-refractivity contribution in [1.82, 2.24) is 0 Å². The van der Waals surface area contributed by atoms with E-state index in [-0.39, 0.29) is 12.4 Å². The van der Waals surface area contributed by atoms with E-state index in [0.717, 1.165) is 0 Å². The van der Waals surface area contributed by atoms with Crippen molar-refractivity contribution in [2.45, 2.75) is 19.5 Å². The molecule has 0 heterocycles. The summed E-state index contributed by atoms with van der Waals surface area (Å²) in [4.78, 5) is 23.2. The average Bonchev–Trinajstić information content (AvgIpc) is 2.50. The molecule has 0 radical (unpaired) electrons. The summed E-state index contributed by atoms with van der Waals surface area (Å²) < 4.78 is 52.6. The van der Waals surface area contributed by atoms with Crippen LogP contribution in [-0.4, -0.2) is 38.8 Å². The molecule has 1 aromatic rings. The Morgan fingerprint density at radius 2 is 1.74 bits per heavy atom. The van der Waals surface area contributed by atoms with Gasteiger partial charge in [0.25, 0.3) is 5.78 Å². The van der Waals surface area contributed by atoms with Crippen molar-refractivity contribution in [2.24, 2.45) is 5.92 Å². The molecule has 0 amide bonds. The van der Waals surface area contributed by atoms with E-state index < -0.39 is 30.3 Å². The Labute approximate surface area is 131 Å². The van der Waals surface area contributed by atoms with Crippen molar-refractivity contribution in [3.8, 4) is 11.5 Å². The number of esters is 1. The smallest absolute Gasteiger partial charge is 0.450 e. The molecule has 0 aliphatic rings. The molecule has 0 saturated carbocycles. The Morgan fingerprint density at radius 1 is 1.13 bits per heavy atom. The summed E-state index contributed by atoms with van der Waals surface area (Å²) in [5, 5.41) is 0. The first kappa shape index (κ1) is 18.8. The minimum Gasteiger partial charge on any atom is -0.493 e. The number of rotatable bonds is 7. The second-order valence-corrected chi connectivity index (χ2v) is 4.56. The molecule has 0 saturated heterocycles. The summed E-state index contributed by atoms with van der Waals surface area (Å²) in [6.45, 7) is 1.33. The molecule has 0 aliphatic carbocycles. The molecule has 0 bridgehead atoms. The van der Waals surface area contributed by atoms with Gasteiger partial charge in [0.2, 0.25) is 0 Å². The number of alkyl halides is 3. The number of hydrogen-bond donors (Lipinski definition) is 0. The van der Waals surface area contributed by atoms with Crippen LogP contribution < -0.4 is 9.47 Å². The molecule has 1 rings (SSSR count).